The molecule has 0 aliphatic carbocycles. The van der Waals surface area contributed by atoms with Gasteiger partial charge in [-0.3, -0.25) is 9.69 Å². The van der Waals surface area contributed by atoms with Crippen molar-refractivity contribution in [3.05, 3.63) is 95.6 Å². The third-order valence-corrected chi connectivity index (χ3v) is 9.21. The summed E-state index contributed by atoms with van der Waals surface area (Å²) in [7, 11) is -1.79. The summed E-state index contributed by atoms with van der Waals surface area (Å²) < 4.78 is 30.0. The molecule has 2 N–H and O–H groups in total. The lowest BCUT2D eigenvalue weighted by molar-refractivity contribution is -0.152. The van der Waals surface area contributed by atoms with Gasteiger partial charge < -0.3 is 15.2 Å². The number of sulfone groups is 1. The number of hydrogen-bond donors (Lipinski definition) is 2. The fourth-order valence-electron chi connectivity index (χ4n) is 6.37. The van der Waals surface area contributed by atoms with Crippen molar-refractivity contribution in [3.8, 4) is 5.75 Å². The van der Waals surface area contributed by atoms with Crippen LogP contribution in [0.5, 0.6) is 5.75 Å². The Bertz CT molecular complexity index is 1340. The van der Waals surface area contributed by atoms with Gasteiger partial charge in [-0.2, -0.15) is 0 Å². The number of methoxy groups -OCH3 is 1. The molecule has 38 heavy (non-hydrogen) atoms. The molecular weight excluding hydrogens is 500 g/mol. The average Bonchev–Trinajstić information content (AvgIpc) is 2.93. The van der Waals surface area contributed by atoms with Gasteiger partial charge >= 0.3 is 5.97 Å². The molecule has 6 rings (SSSR count). The number of aliphatic carboxylic acids is 1. The molecule has 0 spiro atoms. The van der Waals surface area contributed by atoms with Crippen molar-refractivity contribution in [1.29, 1.82) is 0 Å². The molecule has 5 atom stereocenters. The predicted octanol–water partition coefficient (Wildman–Crippen LogP) is 3.94. The Hall–Kier alpha value is -3.20. The number of carboxylic acids is 1. The molecule has 7 nitrogen and oxygen atoms in total. The number of hydrogen-bond acceptors (Lipinski definition) is 6. The van der Waals surface area contributed by atoms with Crippen molar-refractivity contribution in [1.82, 2.24) is 10.2 Å². The highest BCUT2D eigenvalue weighted by Crippen LogP contribution is 2.44. The van der Waals surface area contributed by atoms with Crippen LogP contribution in [0.2, 0.25) is 0 Å². The van der Waals surface area contributed by atoms with E-state index in [1.807, 2.05) is 36.4 Å². The zero-order valence-electron chi connectivity index (χ0n) is 21.7. The third-order valence-electron chi connectivity index (χ3n) is 8.10. The van der Waals surface area contributed by atoms with Crippen LogP contribution in [-0.4, -0.2) is 62.4 Å². The van der Waals surface area contributed by atoms with E-state index in [9.17, 15) is 18.3 Å². The molecule has 3 saturated heterocycles. The van der Waals surface area contributed by atoms with Crippen LogP contribution >= 0.6 is 0 Å². The molecule has 0 saturated carbocycles. The first-order chi connectivity index (χ1) is 18.3. The van der Waals surface area contributed by atoms with Crippen molar-refractivity contribution in [3.63, 3.8) is 0 Å². The van der Waals surface area contributed by atoms with Crippen molar-refractivity contribution in [2.75, 3.05) is 19.9 Å². The smallest absolute Gasteiger partial charge is 0.320 e. The molecular formula is C30H34N2O5S. The molecule has 3 aromatic carbocycles. The standard InChI is InChI=1S/C30H34N2O5S/c1-37-26-14-13-24(38(2,35)36)17-23(26)19-31-28-22-15-16-32(25(18-22)30(33)34)29(28)27(20-9-5-3-6-10-20)21-11-7-4-8-12-21/h3-14,17,22,25,27-29,31H,15-16,18-19H2,1-2H3,(H,33,34). The molecule has 0 aromatic heterocycles. The summed E-state index contributed by atoms with van der Waals surface area (Å²) in [6.07, 6.45) is 2.70. The summed E-state index contributed by atoms with van der Waals surface area (Å²) in [5, 5.41) is 13.9. The zero-order chi connectivity index (χ0) is 26.9. The van der Waals surface area contributed by atoms with E-state index in [2.05, 4.69) is 34.5 Å². The second-order valence-electron chi connectivity index (χ2n) is 10.3. The molecule has 0 amide bonds. The van der Waals surface area contributed by atoms with E-state index in [-0.39, 0.29) is 28.8 Å². The summed E-state index contributed by atoms with van der Waals surface area (Å²) in [6, 6.07) is 24.9. The third kappa shape index (κ3) is 5.21. The highest BCUT2D eigenvalue weighted by molar-refractivity contribution is 7.90. The van der Waals surface area contributed by atoms with E-state index in [0.717, 1.165) is 29.7 Å². The Morgan fingerprint density at radius 3 is 2.24 bits per heavy atom. The number of rotatable bonds is 9. The molecule has 0 radical (unpaired) electrons. The first-order valence-corrected chi connectivity index (χ1v) is 14.9. The molecule has 3 aliphatic heterocycles. The van der Waals surface area contributed by atoms with Gasteiger partial charge in [0.2, 0.25) is 0 Å². The monoisotopic (exact) mass is 534 g/mol. The Labute approximate surface area is 224 Å². The summed E-state index contributed by atoms with van der Waals surface area (Å²) in [5.41, 5.74) is 3.05. The molecule has 200 valence electrons. The molecule has 3 heterocycles. The minimum Gasteiger partial charge on any atom is -0.496 e. The van der Waals surface area contributed by atoms with E-state index >= 15 is 0 Å². The van der Waals surface area contributed by atoms with Gasteiger partial charge in [-0.15, -0.1) is 0 Å². The van der Waals surface area contributed by atoms with Crippen LogP contribution < -0.4 is 10.1 Å². The van der Waals surface area contributed by atoms with E-state index in [1.165, 1.54) is 6.26 Å². The Kier molecular flexibility index (Phi) is 7.56. The molecule has 3 fully saturated rings. The van der Waals surface area contributed by atoms with Gasteiger partial charge in [0.25, 0.3) is 0 Å². The number of fused-ring (bicyclic) bond motifs is 3. The quantitative estimate of drug-likeness (QED) is 0.429. The number of carbonyl (C=O) groups is 1. The number of carboxylic acid groups (broad SMARTS) is 1. The van der Waals surface area contributed by atoms with Crippen molar-refractivity contribution in [2.45, 2.75) is 48.3 Å². The van der Waals surface area contributed by atoms with Crippen molar-refractivity contribution < 1.29 is 23.1 Å². The van der Waals surface area contributed by atoms with Crippen LogP contribution in [0.1, 0.15) is 35.4 Å². The van der Waals surface area contributed by atoms with Gasteiger partial charge in [0, 0.05) is 36.4 Å². The van der Waals surface area contributed by atoms with Gasteiger partial charge in [-0.05, 0) is 54.6 Å². The van der Waals surface area contributed by atoms with E-state index < -0.39 is 21.8 Å². The Morgan fingerprint density at radius 1 is 1.05 bits per heavy atom. The number of nitrogens with one attached hydrogen (secondary N) is 1. The lowest BCUT2D eigenvalue weighted by Gasteiger charge is -2.56. The second kappa shape index (κ2) is 10.9. The minimum atomic E-state index is -3.37. The number of ether oxygens (including phenoxy) is 1. The first kappa shape index (κ1) is 26.4. The summed E-state index contributed by atoms with van der Waals surface area (Å²) in [5.74, 6) is -0.0245. The molecule has 3 aliphatic rings. The second-order valence-corrected chi connectivity index (χ2v) is 12.3. The maximum atomic E-state index is 12.4. The van der Waals surface area contributed by atoms with Crippen molar-refractivity contribution >= 4 is 15.8 Å². The fourth-order valence-corrected chi connectivity index (χ4v) is 7.04. The minimum absolute atomic E-state index is 0.00337. The molecule has 2 bridgehead atoms. The van der Waals surface area contributed by atoms with Gasteiger partial charge in [-0.1, -0.05) is 60.7 Å². The van der Waals surface area contributed by atoms with E-state index in [4.69, 9.17) is 4.74 Å². The van der Waals surface area contributed by atoms with Crippen LogP contribution in [0.3, 0.4) is 0 Å². The zero-order valence-corrected chi connectivity index (χ0v) is 22.5. The van der Waals surface area contributed by atoms with Crippen LogP contribution in [0, 0.1) is 5.92 Å². The van der Waals surface area contributed by atoms with E-state index in [1.54, 1.807) is 25.3 Å². The lowest BCUT2D eigenvalue weighted by Crippen LogP contribution is -2.69. The van der Waals surface area contributed by atoms with Gasteiger partial charge in [-0.25, -0.2) is 8.42 Å². The maximum Gasteiger partial charge on any atom is 0.320 e. The first-order valence-electron chi connectivity index (χ1n) is 13.0. The van der Waals surface area contributed by atoms with Crippen LogP contribution in [-0.2, 0) is 21.2 Å². The number of piperidine rings is 3. The topological polar surface area (TPSA) is 95.9 Å². The highest BCUT2D eigenvalue weighted by Gasteiger charge is 2.52. The maximum absolute atomic E-state index is 12.4. The largest absolute Gasteiger partial charge is 0.496 e. The van der Waals surface area contributed by atoms with Crippen LogP contribution in [0.15, 0.2) is 83.8 Å². The fraction of sp³-hybridized carbons (Fsp3) is 0.367. The molecule has 8 heteroatoms. The number of nitrogens with zero attached hydrogens (tertiary/aromatic N) is 1. The van der Waals surface area contributed by atoms with Crippen LogP contribution in [0.4, 0.5) is 0 Å². The molecule has 5 unspecified atom stereocenters. The summed E-state index contributed by atoms with van der Waals surface area (Å²) in [6.45, 7) is 1.14. The van der Waals surface area contributed by atoms with Gasteiger partial charge in [0.1, 0.15) is 11.8 Å². The summed E-state index contributed by atoms with van der Waals surface area (Å²) in [4.78, 5) is 14.8. The highest BCUT2D eigenvalue weighted by atomic mass is 32.2. The SMILES string of the molecule is COc1ccc(S(C)(=O)=O)cc1CNC1C2CCN(C(C(=O)O)C2)C1C(c1ccccc1)c1ccccc1. The van der Waals surface area contributed by atoms with Crippen LogP contribution in [0.25, 0.3) is 0 Å². The van der Waals surface area contributed by atoms with Gasteiger partial charge in [0.05, 0.1) is 12.0 Å². The normalized spacial score (nSPS) is 24.9. The van der Waals surface area contributed by atoms with Gasteiger partial charge in [0.15, 0.2) is 9.84 Å². The van der Waals surface area contributed by atoms with Crippen molar-refractivity contribution in [2.24, 2.45) is 5.92 Å². The summed E-state index contributed by atoms with van der Waals surface area (Å²) >= 11 is 0. The molecule has 3 aromatic rings. The predicted molar refractivity (Wildman–Crippen MR) is 146 cm³/mol. The average molecular weight is 535 g/mol. The number of benzene rings is 3. The lowest BCUT2D eigenvalue weighted by atomic mass is 9.68. The Balaban J connectivity index is 1.55. The Morgan fingerprint density at radius 2 is 1.68 bits per heavy atom. The van der Waals surface area contributed by atoms with E-state index in [0.29, 0.717) is 18.7 Å².